The lowest BCUT2D eigenvalue weighted by Crippen LogP contribution is -2.20. The smallest absolute Gasteiger partial charge is 0.353 e. The Morgan fingerprint density at radius 2 is 1.36 bits per heavy atom. The molecule has 3 N–H and O–H groups in total. The summed E-state index contributed by atoms with van der Waals surface area (Å²) >= 11 is 0. The quantitative estimate of drug-likeness (QED) is 0.316. The summed E-state index contributed by atoms with van der Waals surface area (Å²) in [5.41, 5.74) is 1.57. The van der Waals surface area contributed by atoms with Crippen LogP contribution < -0.4 is 10.6 Å². The second kappa shape index (κ2) is 9.56. The molecule has 164 valence electrons. The van der Waals surface area contributed by atoms with Gasteiger partial charge in [0.05, 0.1) is 5.52 Å². The molecule has 0 saturated heterocycles. The van der Waals surface area contributed by atoms with Crippen molar-refractivity contribution in [2.45, 2.75) is 6.54 Å². The Bertz CT molecular complexity index is 1350. The largest absolute Gasteiger partial charge is 0.493 e. The number of azo groups is 1. The topological polar surface area (TPSA) is 125 Å². The molecule has 0 bridgehead atoms. The Hall–Kier alpha value is -4.79. The number of carbonyl (C=O) groups is 3. The second-order valence-electron chi connectivity index (χ2n) is 7.02. The molecule has 0 spiro atoms. The van der Waals surface area contributed by atoms with Crippen LogP contribution in [0.15, 0.2) is 95.2 Å². The maximum absolute atomic E-state index is 12.5. The van der Waals surface area contributed by atoms with E-state index in [9.17, 15) is 19.5 Å². The van der Waals surface area contributed by atoms with Crippen LogP contribution in [0.2, 0.25) is 0 Å². The van der Waals surface area contributed by atoms with E-state index >= 15 is 0 Å². The first-order chi connectivity index (χ1) is 16.0. The van der Waals surface area contributed by atoms with Gasteiger partial charge in [-0.3, -0.25) is 14.4 Å². The second-order valence-corrected chi connectivity index (χ2v) is 7.02. The Balaban J connectivity index is 1.55. The van der Waals surface area contributed by atoms with Crippen molar-refractivity contribution in [2.75, 3.05) is 10.6 Å². The van der Waals surface area contributed by atoms with Crippen LogP contribution in [0, 0.1) is 0 Å². The number of aromatic hydroxyl groups is 1. The molecule has 1 aromatic heterocycles. The van der Waals surface area contributed by atoms with Gasteiger partial charge in [0.15, 0.2) is 5.69 Å². The van der Waals surface area contributed by atoms with E-state index in [1.165, 1.54) is 4.57 Å². The van der Waals surface area contributed by atoms with Crippen molar-refractivity contribution < 1.29 is 19.5 Å². The summed E-state index contributed by atoms with van der Waals surface area (Å²) in [5.74, 6) is -2.80. The Morgan fingerprint density at radius 1 is 0.788 bits per heavy atom. The maximum atomic E-state index is 12.5. The lowest BCUT2D eigenvalue weighted by Gasteiger charge is -2.08. The van der Waals surface area contributed by atoms with E-state index in [-0.39, 0.29) is 24.0 Å². The first-order valence-electron chi connectivity index (χ1n) is 10.00. The first kappa shape index (κ1) is 21.4. The van der Waals surface area contributed by atoms with Gasteiger partial charge < -0.3 is 20.3 Å². The van der Waals surface area contributed by atoms with Crippen molar-refractivity contribution in [1.29, 1.82) is 0 Å². The molecular weight excluding hydrogens is 422 g/mol. The zero-order chi connectivity index (χ0) is 23.2. The lowest BCUT2D eigenvalue weighted by molar-refractivity contribution is -0.134. The number of nitrogens with one attached hydrogen (secondary N) is 2. The van der Waals surface area contributed by atoms with Crippen molar-refractivity contribution in [1.82, 2.24) is 4.57 Å². The van der Waals surface area contributed by atoms with Gasteiger partial charge in [-0.2, -0.15) is 0 Å². The van der Waals surface area contributed by atoms with Crippen LogP contribution >= 0.6 is 0 Å². The van der Waals surface area contributed by atoms with Gasteiger partial charge in [-0.1, -0.05) is 54.6 Å². The molecule has 3 aromatic carbocycles. The fourth-order valence-electron chi connectivity index (χ4n) is 3.24. The van der Waals surface area contributed by atoms with Crippen LogP contribution in [0.5, 0.6) is 5.88 Å². The molecule has 3 amide bonds. The Morgan fingerprint density at radius 3 is 2.03 bits per heavy atom. The molecule has 0 radical (unpaired) electrons. The van der Waals surface area contributed by atoms with Gasteiger partial charge in [0.1, 0.15) is 6.54 Å². The van der Waals surface area contributed by atoms with Crippen LogP contribution in [0.4, 0.5) is 17.1 Å². The molecule has 9 heteroatoms. The average Bonchev–Trinajstić information content (AvgIpc) is 3.09. The summed E-state index contributed by atoms with van der Waals surface area (Å²) in [7, 11) is 0. The minimum Gasteiger partial charge on any atom is -0.493 e. The van der Waals surface area contributed by atoms with Crippen molar-refractivity contribution >= 4 is 45.7 Å². The molecule has 0 aliphatic heterocycles. The number of anilines is 2. The molecule has 4 rings (SSSR count). The molecule has 33 heavy (non-hydrogen) atoms. The molecular formula is C24H19N5O4. The van der Waals surface area contributed by atoms with E-state index in [0.717, 1.165) is 0 Å². The third-order valence-corrected chi connectivity index (χ3v) is 4.74. The third-order valence-electron chi connectivity index (χ3n) is 4.74. The van der Waals surface area contributed by atoms with E-state index in [1.54, 1.807) is 78.9 Å². The summed E-state index contributed by atoms with van der Waals surface area (Å²) in [6.07, 6.45) is 0. The Kier molecular flexibility index (Phi) is 6.21. The number of amides is 3. The number of hydrogen-bond acceptors (Lipinski definition) is 5. The normalized spacial score (nSPS) is 10.9. The molecule has 0 aliphatic rings. The average molecular weight is 441 g/mol. The predicted octanol–water partition coefficient (Wildman–Crippen LogP) is 4.23. The standard InChI is InChI=1S/C24H19N5O4/c30-20(25-16-9-3-1-4-10-16)15-29-19-14-8-7-13-18(19)21(24(29)33)27-28-23(32)22(31)26-17-11-5-2-6-12-17/h1-14,33H,15H2,(H,25,30)(H,26,31). The maximum Gasteiger partial charge on any atom is 0.353 e. The fourth-order valence-corrected chi connectivity index (χ4v) is 3.24. The highest BCUT2D eigenvalue weighted by molar-refractivity contribution is 6.40. The minimum absolute atomic E-state index is 0.0148. The van der Waals surface area contributed by atoms with Crippen LogP contribution in [0.25, 0.3) is 10.9 Å². The molecule has 4 aromatic rings. The molecule has 0 saturated carbocycles. The minimum atomic E-state index is -1.13. The van der Waals surface area contributed by atoms with Crippen LogP contribution in [-0.2, 0) is 20.9 Å². The van der Waals surface area contributed by atoms with E-state index in [1.807, 2.05) is 6.07 Å². The number of rotatable bonds is 5. The van der Waals surface area contributed by atoms with Crippen LogP contribution in [0.3, 0.4) is 0 Å². The van der Waals surface area contributed by atoms with E-state index in [4.69, 9.17) is 0 Å². The van der Waals surface area contributed by atoms with Gasteiger partial charge in [0, 0.05) is 16.8 Å². The predicted molar refractivity (Wildman–Crippen MR) is 123 cm³/mol. The summed E-state index contributed by atoms with van der Waals surface area (Å²) in [6.45, 7) is -0.195. The molecule has 9 nitrogen and oxygen atoms in total. The summed E-state index contributed by atoms with van der Waals surface area (Å²) in [5, 5.41) is 23.7. The highest BCUT2D eigenvalue weighted by Gasteiger charge is 2.20. The van der Waals surface area contributed by atoms with Crippen LogP contribution in [0.1, 0.15) is 0 Å². The van der Waals surface area contributed by atoms with Gasteiger partial charge in [0.25, 0.3) is 0 Å². The van der Waals surface area contributed by atoms with E-state index < -0.39 is 11.8 Å². The van der Waals surface area contributed by atoms with Crippen molar-refractivity contribution in [3.63, 3.8) is 0 Å². The number of fused-ring (bicyclic) bond motifs is 1. The van der Waals surface area contributed by atoms with Gasteiger partial charge in [-0.05, 0) is 30.3 Å². The zero-order valence-corrected chi connectivity index (χ0v) is 17.3. The van der Waals surface area contributed by atoms with E-state index in [0.29, 0.717) is 22.3 Å². The highest BCUT2D eigenvalue weighted by atomic mass is 16.3. The number of nitrogens with zero attached hydrogens (tertiary/aromatic N) is 3. The molecule has 0 aliphatic carbocycles. The SMILES string of the molecule is O=C(Cn1c(O)c(N=NC(=O)C(=O)Nc2ccccc2)c2ccccc21)Nc1ccccc1. The molecule has 0 fully saturated rings. The first-order valence-corrected chi connectivity index (χ1v) is 10.00. The van der Waals surface area contributed by atoms with Gasteiger partial charge in [-0.15, -0.1) is 10.2 Å². The summed E-state index contributed by atoms with van der Waals surface area (Å²) in [6, 6.07) is 24.2. The van der Waals surface area contributed by atoms with Gasteiger partial charge >= 0.3 is 11.8 Å². The fraction of sp³-hybridized carbons (Fsp3) is 0.0417. The molecule has 0 atom stereocenters. The van der Waals surface area contributed by atoms with Crippen molar-refractivity contribution in [3.8, 4) is 5.88 Å². The number of para-hydroxylation sites is 3. The monoisotopic (exact) mass is 441 g/mol. The van der Waals surface area contributed by atoms with Gasteiger partial charge in [0.2, 0.25) is 11.8 Å². The number of carbonyl (C=O) groups excluding carboxylic acids is 3. The van der Waals surface area contributed by atoms with Crippen molar-refractivity contribution in [3.05, 3.63) is 84.9 Å². The highest BCUT2D eigenvalue weighted by Crippen LogP contribution is 2.38. The van der Waals surface area contributed by atoms with Crippen molar-refractivity contribution in [2.24, 2.45) is 10.2 Å². The number of aromatic nitrogens is 1. The summed E-state index contributed by atoms with van der Waals surface area (Å²) in [4.78, 5) is 36.7. The molecule has 1 heterocycles. The third kappa shape index (κ3) is 4.93. The molecule has 0 unspecified atom stereocenters. The number of benzene rings is 3. The van der Waals surface area contributed by atoms with Crippen LogP contribution in [-0.4, -0.2) is 27.4 Å². The zero-order valence-electron chi connectivity index (χ0n) is 17.3. The summed E-state index contributed by atoms with van der Waals surface area (Å²) < 4.78 is 1.36. The van der Waals surface area contributed by atoms with E-state index in [2.05, 4.69) is 20.9 Å². The Labute approximate surface area is 188 Å². The van der Waals surface area contributed by atoms with Gasteiger partial charge in [-0.25, -0.2) is 0 Å². The lowest BCUT2D eigenvalue weighted by atomic mass is 10.2. The number of hydrogen-bond donors (Lipinski definition) is 3.